The third-order valence-electron chi connectivity index (χ3n) is 2.41. The van der Waals surface area contributed by atoms with E-state index >= 15 is 0 Å². The van der Waals surface area contributed by atoms with Gasteiger partial charge in [-0.15, -0.1) is 11.8 Å². The van der Waals surface area contributed by atoms with Gasteiger partial charge in [-0.05, 0) is 23.8 Å². The van der Waals surface area contributed by atoms with Gasteiger partial charge in [0, 0.05) is 22.4 Å². The van der Waals surface area contributed by atoms with Crippen LogP contribution in [-0.2, 0) is 5.75 Å². The maximum atomic E-state index is 10.5. The molecular formula is C14H10N2OS. The molecule has 0 N–H and O–H groups in total. The molecule has 0 aliphatic heterocycles. The normalized spacial score (nSPS) is 9.72. The summed E-state index contributed by atoms with van der Waals surface area (Å²) in [4.78, 5) is 15.6. The molecule has 0 bridgehead atoms. The second-order valence-corrected chi connectivity index (χ2v) is 4.65. The first-order valence-corrected chi connectivity index (χ1v) is 6.34. The highest BCUT2D eigenvalue weighted by molar-refractivity contribution is 7.98. The quantitative estimate of drug-likeness (QED) is 0.621. The SMILES string of the molecule is N#Cc1ncccc1CSc1ccc(C=O)cc1. The standard InChI is InChI=1S/C14H10N2OS/c15-8-14-12(2-1-7-16-14)10-18-13-5-3-11(9-17)4-6-13/h1-7,9H,10H2. The van der Waals surface area contributed by atoms with Crippen molar-refractivity contribution in [1.29, 1.82) is 5.26 Å². The molecule has 1 aromatic carbocycles. The van der Waals surface area contributed by atoms with E-state index < -0.39 is 0 Å². The number of benzene rings is 1. The first-order valence-electron chi connectivity index (χ1n) is 5.35. The van der Waals surface area contributed by atoms with Crippen LogP contribution in [0, 0.1) is 11.3 Å². The lowest BCUT2D eigenvalue weighted by molar-refractivity contribution is 0.112. The molecule has 2 rings (SSSR count). The zero-order valence-corrected chi connectivity index (χ0v) is 10.4. The maximum absolute atomic E-state index is 10.5. The van der Waals surface area contributed by atoms with Crippen LogP contribution in [0.3, 0.4) is 0 Å². The number of hydrogen-bond donors (Lipinski definition) is 0. The molecule has 0 unspecified atom stereocenters. The molecule has 1 aromatic heterocycles. The minimum atomic E-state index is 0.467. The number of nitriles is 1. The zero-order chi connectivity index (χ0) is 12.8. The van der Waals surface area contributed by atoms with E-state index in [1.807, 2.05) is 24.3 Å². The van der Waals surface area contributed by atoms with Gasteiger partial charge in [-0.2, -0.15) is 5.26 Å². The van der Waals surface area contributed by atoms with Gasteiger partial charge in [0.2, 0.25) is 0 Å². The van der Waals surface area contributed by atoms with Crippen molar-refractivity contribution in [2.24, 2.45) is 0 Å². The van der Waals surface area contributed by atoms with E-state index in [2.05, 4.69) is 11.1 Å². The molecule has 2 aromatic rings. The molecule has 18 heavy (non-hydrogen) atoms. The number of aromatic nitrogens is 1. The van der Waals surface area contributed by atoms with Crippen LogP contribution in [0.5, 0.6) is 0 Å². The van der Waals surface area contributed by atoms with Crippen LogP contribution in [0.15, 0.2) is 47.5 Å². The van der Waals surface area contributed by atoms with E-state index in [1.54, 1.807) is 30.1 Å². The van der Waals surface area contributed by atoms with Crippen LogP contribution < -0.4 is 0 Å². The van der Waals surface area contributed by atoms with Gasteiger partial charge in [0.25, 0.3) is 0 Å². The molecular weight excluding hydrogens is 244 g/mol. The highest BCUT2D eigenvalue weighted by Crippen LogP contribution is 2.23. The van der Waals surface area contributed by atoms with Crippen molar-refractivity contribution in [3.8, 4) is 6.07 Å². The van der Waals surface area contributed by atoms with Crippen molar-refractivity contribution in [3.63, 3.8) is 0 Å². The van der Waals surface area contributed by atoms with E-state index in [-0.39, 0.29) is 0 Å². The van der Waals surface area contributed by atoms with Crippen molar-refractivity contribution >= 4 is 18.0 Å². The molecule has 0 amide bonds. The van der Waals surface area contributed by atoms with Crippen molar-refractivity contribution in [2.75, 3.05) is 0 Å². The number of thioether (sulfide) groups is 1. The largest absolute Gasteiger partial charge is 0.298 e. The number of aldehydes is 1. The summed E-state index contributed by atoms with van der Waals surface area (Å²) in [6, 6.07) is 13.2. The van der Waals surface area contributed by atoms with Crippen molar-refractivity contribution < 1.29 is 4.79 Å². The molecule has 0 spiro atoms. The number of hydrogen-bond acceptors (Lipinski definition) is 4. The number of carbonyl (C=O) groups excluding carboxylic acids is 1. The number of rotatable bonds is 4. The Kier molecular flexibility index (Phi) is 4.11. The van der Waals surface area contributed by atoms with Gasteiger partial charge in [0.1, 0.15) is 18.0 Å². The van der Waals surface area contributed by atoms with Crippen LogP contribution in [0.4, 0.5) is 0 Å². The predicted molar refractivity (Wildman–Crippen MR) is 70.3 cm³/mol. The lowest BCUT2D eigenvalue weighted by Gasteiger charge is -2.03. The third kappa shape index (κ3) is 2.96. The molecule has 1 heterocycles. The second-order valence-electron chi connectivity index (χ2n) is 3.60. The summed E-state index contributed by atoms with van der Waals surface area (Å²) in [6.07, 6.45) is 2.44. The molecule has 0 saturated carbocycles. The van der Waals surface area contributed by atoms with Gasteiger partial charge in [-0.3, -0.25) is 4.79 Å². The third-order valence-corrected chi connectivity index (χ3v) is 3.47. The fourth-order valence-electron chi connectivity index (χ4n) is 1.46. The van der Waals surface area contributed by atoms with Crippen molar-refractivity contribution in [3.05, 3.63) is 59.4 Å². The highest BCUT2D eigenvalue weighted by atomic mass is 32.2. The Hall–Kier alpha value is -2.12. The summed E-state index contributed by atoms with van der Waals surface area (Å²) in [6.45, 7) is 0. The average molecular weight is 254 g/mol. The Balaban J connectivity index is 2.07. The Morgan fingerprint density at radius 2 is 2.06 bits per heavy atom. The number of pyridine rings is 1. The minimum absolute atomic E-state index is 0.467. The monoisotopic (exact) mass is 254 g/mol. The minimum Gasteiger partial charge on any atom is -0.298 e. The molecule has 4 heteroatoms. The molecule has 0 fully saturated rings. The molecule has 0 atom stereocenters. The molecule has 0 saturated heterocycles. The second kappa shape index (κ2) is 5.99. The summed E-state index contributed by atoms with van der Waals surface area (Å²) in [5.74, 6) is 0.692. The summed E-state index contributed by atoms with van der Waals surface area (Å²) < 4.78 is 0. The van der Waals surface area contributed by atoms with Gasteiger partial charge in [-0.1, -0.05) is 18.2 Å². The molecule has 0 aliphatic carbocycles. The van der Waals surface area contributed by atoms with Crippen LogP contribution in [0.1, 0.15) is 21.6 Å². The van der Waals surface area contributed by atoms with Gasteiger partial charge in [0.05, 0.1) is 0 Å². The van der Waals surface area contributed by atoms with Crippen LogP contribution in [0.25, 0.3) is 0 Å². The van der Waals surface area contributed by atoms with Gasteiger partial charge >= 0.3 is 0 Å². The fraction of sp³-hybridized carbons (Fsp3) is 0.0714. The van der Waals surface area contributed by atoms with Gasteiger partial charge < -0.3 is 0 Å². The Bertz CT molecular complexity index is 587. The summed E-state index contributed by atoms with van der Waals surface area (Å²) in [7, 11) is 0. The van der Waals surface area contributed by atoms with Crippen molar-refractivity contribution in [1.82, 2.24) is 4.98 Å². The average Bonchev–Trinajstić information content (AvgIpc) is 2.46. The van der Waals surface area contributed by atoms with Crippen LogP contribution >= 0.6 is 11.8 Å². The molecule has 88 valence electrons. The van der Waals surface area contributed by atoms with E-state index in [4.69, 9.17) is 5.26 Å². The lowest BCUT2D eigenvalue weighted by Crippen LogP contribution is -1.90. The number of carbonyl (C=O) groups is 1. The van der Waals surface area contributed by atoms with Crippen LogP contribution in [-0.4, -0.2) is 11.3 Å². The van der Waals surface area contributed by atoms with Crippen LogP contribution in [0.2, 0.25) is 0 Å². The maximum Gasteiger partial charge on any atom is 0.150 e. The van der Waals surface area contributed by atoms with E-state index in [9.17, 15) is 4.79 Å². The van der Waals surface area contributed by atoms with Crippen molar-refractivity contribution in [2.45, 2.75) is 10.6 Å². The Morgan fingerprint density at radius 3 is 2.72 bits per heavy atom. The van der Waals surface area contributed by atoms with E-state index in [0.29, 0.717) is 17.0 Å². The number of nitrogens with zero attached hydrogens (tertiary/aromatic N) is 2. The Morgan fingerprint density at radius 1 is 1.28 bits per heavy atom. The molecule has 0 radical (unpaired) electrons. The summed E-state index contributed by atoms with van der Waals surface area (Å²) in [5.41, 5.74) is 2.05. The molecule has 3 nitrogen and oxygen atoms in total. The zero-order valence-electron chi connectivity index (χ0n) is 9.54. The first kappa shape index (κ1) is 12.3. The Labute approximate surface area is 109 Å². The predicted octanol–water partition coefficient (Wildman–Crippen LogP) is 3.06. The topological polar surface area (TPSA) is 53.8 Å². The highest BCUT2D eigenvalue weighted by Gasteiger charge is 2.03. The lowest BCUT2D eigenvalue weighted by atomic mass is 10.2. The van der Waals surface area contributed by atoms with E-state index in [1.165, 1.54) is 0 Å². The first-order chi connectivity index (χ1) is 8.83. The fourth-order valence-corrected chi connectivity index (χ4v) is 2.34. The van der Waals surface area contributed by atoms with Gasteiger partial charge in [-0.25, -0.2) is 4.98 Å². The summed E-state index contributed by atoms with van der Waals surface area (Å²) in [5, 5.41) is 8.92. The summed E-state index contributed by atoms with van der Waals surface area (Å²) >= 11 is 1.62. The smallest absolute Gasteiger partial charge is 0.150 e. The van der Waals surface area contributed by atoms with Gasteiger partial charge in [0.15, 0.2) is 0 Å². The molecule has 0 aliphatic rings. The van der Waals surface area contributed by atoms with E-state index in [0.717, 1.165) is 16.7 Å².